The Hall–Kier alpha value is -2.48. The van der Waals surface area contributed by atoms with Gasteiger partial charge in [-0.15, -0.1) is 11.3 Å². The van der Waals surface area contributed by atoms with E-state index in [1.807, 2.05) is 17.5 Å². The number of hydrogen-bond donors (Lipinski definition) is 1. The number of thiophene rings is 1. The molecule has 27 heavy (non-hydrogen) atoms. The zero-order valence-corrected chi connectivity index (χ0v) is 15.8. The first kappa shape index (κ1) is 17.9. The molecule has 142 valence electrons. The van der Waals surface area contributed by atoms with E-state index in [4.69, 9.17) is 0 Å². The van der Waals surface area contributed by atoms with Gasteiger partial charge in [0.2, 0.25) is 17.7 Å². The molecule has 8 heteroatoms. The van der Waals surface area contributed by atoms with Crippen molar-refractivity contribution in [1.82, 2.24) is 14.7 Å². The second-order valence-electron chi connectivity index (χ2n) is 7.08. The van der Waals surface area contributed by atoms with Gasteiger partial charge in [-0.05, 0) is 24.3 Å². The SMILES string of the molecule is O=C(CCN1C(=O)[C@H]2CCCC[C@@H]2C1=O)Nc1ccnn1Cc1cccs1. The average molecular weight is 386 g/mol. The molecule has 1 saturated carbocycles. The third-order valence-electron chi connectivity index (χ3n) is 5.36. The van der Waals surface area contributed by atoms with Gasteiger partial charge in [-0.3, -0.25) is 19.3 Å². The molecule has 1 saturated heterocycles. The quantitative estimate of drug-likeness (QED) is 0.773. The van der Waals surface area contributed by atoms with E-state index in [2.05, 4.69) is 10.4 Å². The topological polar surface area (TPSA) is 84.3 Å². The second-order valence-corrected chi connectivity index (χ2v) is 8.11. The number of fused-ring (bicyclic) bond motifs is 1. The normalized spacial score (nSPS) is 22.1. The van der Waals surface area contributed by atoms with Crippen LogP contribution in [0.1, 0.15) is 37.0 Å². The van der Waals surface area contributed by atoms with Gasteiger partial charge in [-0.2, -0.15) is 5.10 Å². The molecular formula is C19H22N4O3S. The predicted molar refractivity (Wildman–Crippen MR) is 101 cm³/mol. The number of nitrogens with one attached hydrogen (secondary N) is 1. The van der Waals surface area contributed by atoms with E-state index < -0.39 is 0 Å². The van der Waals surface area contributed by atoms with E-state index in [0.717, 1.165) is 30.6 Å². The minimum Gasteiger partial charge on any atom is -0.311 e. The molecule has 1 aliphatic heterocycles. The zero-order chi connectivity index (χ0) is 18.8. The van der Waals surface area contributed by atoms with Crippen molar-refractivity contribution in [3.05, 3.63) is 34.7 Å². The number of carbonyl (C=O) groups excluding carboxylic acids is 3. The summed E-state index contributed by atoms with van der Waals surface area (Å²) < 4.78 is 1.73. The van der Waals surface area contributed by atoms with Gasteiger partial charge in [0.15, 0.2) is 0 Å². The lowest BCUT2D eigenvalue weighted by Gasteiger charge is -2.19. The van der Waals surface area contributed by atoms with Gasteiger partial charge in [-0.25, -0.2) is 4.68 Å². The van der Waals surface area contributed by atoms with E-state index >= 15 is 0 Å². The first-order valence-corrected chi connectivity index (χ1v) is 10.2. The first-order valence-electron chi connectivity index (χ1n) is 9.33. The highest BCUT2D eigenvalue weighted by atomic mass is 32.1. The van der Waals surface area contributed by atoms with Gasteiger partial charge in [0.1, 0.15) is 5.82 Å². The standard InChI is InChI=1S/C19H22N4O3S/c24-17(21-16-7-9-20-23(16)12-13-4-3-11-27-13)8-10-22-18(25)14-5-1-2-6-15(14)19(22)26/h3-4,7,9,11,14-15H,1-2,5-6,8,10,12H2,(H,21,24)/t14-,15-/m0/s1. The molecule has 2 atom stereocenters. The summed E-state index contributed by atoms with van der Waals surface area (Å²) in [5.74, 6) is -0.136. The maximum Gasteiger partial charge on any atom is 0.233 e. The predicted octanol–water partition coefficient (Wildman–Crippen LogP) is 2.50. The van der Waals surface area contributed by atoms with Crippen molar-refractivity contribution >= 4 is 34.9 Å². The molecule has 0 radical (unpaired) electrons. The third kappa shape index (κ3) is 3.66. The van der Waals surface area contributed by atoms with Gasteiger partial charge >= 0.3 is 0 Å². The number of rotatable bonds is 6. The summed E-state index contributed by atoms with van der Waals surface area (Å²) in [4.78, 5) is 39.7. The van der Waals surface area contributed by atoms with Crippen LogP contribution >= 0.6 is 11.3 Å². The summed E-state index contributed by atoms with van der Waals surface area (Å²) in [5, 5.41) is 9.08. The lowest BCUT2D eigenvalue weighted by Crippen LogP contribution is -2.34. The summed E-state index contributed by atoms with van der Waals surface area (Å²) in [6, 6.07) is 5.73. The molecule has 0 unspecified atom stereocenters. The lowest BCUT2D eigenvalue weighted by atomic mass is 9.81. The molecule has 2 aromatic rings. The molecule has 3 amide bonds. The molecule has 7 nitrogen and oxygen atoms in total. The second kappa shape index (κ2) is 7.64. The van der Waals surface area contributed by atoms with Crippen molar-refractivity contribution in [3.63, 3.8) is 0 Å². The smallest absolute Gasteiger partial charge is 0.233 e. The summed E-state index contributed by atoms with van der Waals surface area (Å²) in [5.41, 5.74) is 0. The van der Waals surface area contributed by atoms with Gasteiger partial charge in [0.05, 0.1) is 24.6 Å². The van der Waals surface area contributed by atoms with Crippen LogP contribution in [-0.2, 0) is 20.9 Å². The summed E-state index contributed by atoms with van der Waals surface area (Å²) in [6.45, 7) is 0.738. The van der Waals surface area contributed by atoms with E-state index in [1.54, 1.807) is 28.3 Å². The maximum atomic E-state index is 12.5. The fraction of sp³-hybridized carbons (Fsp3) is 0.474. The van der Waals surface area contributed by atoms with E-state index in [-0.39, 0.29) is 42.5 Å². The van der Waals surface area contributed by atoms with Gasteiger partial charge in [0.25, 0.3) is 0 Å². The highest BCUT2D eigenvalue weighted by Gasteiger charge is 2.47. The Morgan fingerprint density at radius 1 is 1.19 bits per heavy atom. The lowest BCUT2D eigenvalue weighted by molar-refractivity contribution is -0.140. The van der Waals surface area contributed by atoms with Crippen LogP contribution in [0.4, 0.5) is 5.82 Å². The number of likely N-dealkylation sites (tertiary alicyclic amines) is 1. The van der Waals surface area contributed by atoms with Crippen molar-refractivity contribution in [3.8, 4) is 0 Å². The number of carbonyl (C=O) groups is 3. The van der Waals surface area contributed by atoms with E-state index in [0.29, 0.717) is 12.4 Å². The fourth-order valence-corrected chi connectivity index (χ4v) is 4.67. The Kier molecular flexibility index (Phi) is 5.07. The molecular weight excluding hydrogens is 364 g/mol. The van der Waals surface area contributed by atoms with E-state index in [9.17, 15) is 14.4 Å². The maximum absolute atomic E-state index is 12.5. The highest BCUT2D eigenvalue weighted by molar-refractivity contribution is 7.09. The molecule has 2 aliphatic rings. The minimum atomic E-state index is -0.224. The van der Waals surface area contributed by atoms with Crippen LogP contribution in [0.15, 0.2) is 29.8 Å². The average Bonchev–Trinajstić information content (AvgIpc) is 3.38. The van der Waals surface area contributed by atoms with Crippen molar-refractivity contribution in [2.24, 2.45) is 11.8 Å². The molecule has 1 aliphatic carbocycles. The van der Waals surface area contributed by atoms with Crippen LogP contribution in [0.2, 0.25) is 0 Å². The largest absolute Gasteiger partial charge is 0.311 e. The Bertz CT molecular complexity index is 821. The molecule has 2 aromatic heterocycles. The summed E-state index contributed by atoms with van der Waals surface area (Å²) >= 11 is 1.63. The van der Waals surface area contributed by atoms with E-state index in [1.165, 1.54) is 4.90 Å². The first-order chi connectivity index (χ1) is 13.1. The van der Waals surface area contributed by atoms with Crippen molar-refractivity contribution in [2.45, 2.75) is 38.6 Å². The van der Waals surface area contributed by atoms with Crippen molar-refractivity contribution in [2.75, 3.05) is 11.9 Å². The minimum absolute atomic E-state index is 0.0970. The molecule has 0 aromatic carbocycles. The number of amides is 3. The van der Waals surface area contributed by atoms with Crippen LogP contribution < -0.4 is 5.32 Å². The van der Waals surface area contributed by atoms with Crippen LogP contribution in [0.5, 0.6) is 0 Å². The number of imide groups is 1. The third-order valence-corrected chi connectivity index (χ3v) is 6.23. The molecule has 3 heterocycles. The Morgan fingerprint density at radius 2 is 1.93 bits per heavy atom. The zero-order valence-electron chi connectivity index (χ0n) is 15.0. The highest BCUT2D eigenvalue weighted by Crippen LogP contribution is 2.37. The molecule has 1 N–H and O–H groups in total. The van der Waals surface area contributed by atoms with Crippen LogP contribution in [0, 0.1) is 11.8 Å². The summed E-state index contributed by atoms with van der Waals surface area (Å²) in [7, 11) is 0. The fourth-order valence-electron chi connectivity index (χ4n) is 3.99. The van der Waals surface area contributed by atoms with Crippen molar-refractivity contribution in [1.29, 1.82) is 0 Å². The van der Waals surface area contributed by atoms with Crippen LogP contribution in [0.3, 0.4) is 0 Å². The van der Waals surface area contributed by atoms with Gasteiger partial charge in [0, 0.05) is 23.9 Å². The number of anilines is 1. The molecule has 0 bridgehead atoms. The Balaban J connectivity index is 1.33. The number of aromatic nitrogens is 2. The Morgan fingerprint density at radius 3 is 2.59 bits per heavy atom. The van der Waals surface area contributed by atoms with Crippen molar-refractivity contribution < 1.29 is 14.4 Å². The van der Waals surface area contributed by atoms with Crippen LogP contribution in [0.25, 0.3) is 0 Å². The molecule has 0 spiro atoms. The number of nitrogens with zero attached hydrogens (tertiary/aromatic N) is 3. The van der Waals surface area contributed by atoms with Gasteiger partial charge in [-0.1, -0.05) is 18.9 Å². The molecule has 2 fully saturated rings. The molecule has 4 rings (SSSR count). The number of hydrogen-bond acceptors (Lipinski definition) is 5. The van der Waals surface area contributed by atoms with Gasteiger partial charge < -0.3 is 5.32 Å². The monoisotopic (exact) mass is 386 g/mol. The Labute approximate surface area is 161 Å². The van der Waals surface area contributed by atoms with Crippen LogP contribution in [-0.4, -0.2) is 38.9 Å². The summed E-state index contributed by atoms with van der Waals surface area (Å²) in [6.07, 6.45) is 5.33.